The fourth-order valence-electron chi connectivity index (χ4n) is 2.59. The molecule has 0 atom stereocenters. The average Bonchev–Trinajstić information content (AvgIpc) is 3.04. The smallest absolute Gasteiger partial charge is 0.123 e. The van der Waals surface area contributed by atoms with Crippen molar-refractivity contribution in [2.24, 2.45) is 0 Å². The van der Waals surface area contributed by atoms with Gasteiger partial charge in [0.05, 0.1) is 0 Å². The molecule has 2 heterocycles. The number of thiophene rings is 2. The molecule has 0 unspecified atom stereocenters. The predicted octanol–water partition coefficient (Wildman–Crippen LogP) is 6.46. The van der Waals surface area contributed by atoms with Gasteiger partial charge in [0.1, 0.15) is 5.82 Å². The van der Waals surface area contributed by atoms with Gasteiger partial charge in [-0.25, -0.2) is 4.39 Å². The maximum absolute atomic E-state index is 13.8. The largest absolute Gasteiger partial charge is 0.207 e. The number of halogens is 1. The molecule has 0 bridgehead atoms. The van der Waals surface area contributed by atoms with Crippen molar-refractivity contribution in [1.29, 1.82) is 0 Å². The van der Waals surface area contributed by atoms with E-state index in [1.165, 1.54) is 25.1 Å². The summed E-state index contributed by atoms with van der Waals surface area (Å²) in [5.74, 6) is -0.173. The molecule has 3 rings (SSSR count). The van der Waals surface area contributed by atoms with E-state index >= 15 is 0 Å². The van der Waals surface area contributed by atoms with Gasteiger partial charge in [0.15, 0.2) is 0 Å². The average molecular weight is 316 g/mol. The first-order valence-electron chi connectivity index (χ1n) is 7.04. The van der Waals surface area contributed by atoms with Crippen LogP contribution in [0.1, 0.15) is 21.6 Å². The van der Waals surface area contributed by atoms with E-state index in [-0.39, 0.29) is 5.82 Å². The van der Waals surface area contributed by atoms with Crippen LogP contribution in [0.4, 0.5) is 4.39 Å². The second-order valence-corrected chi connectivity index (χ2v) is 7.78. The second-order valence-electron chi connectivity index (χ2n) is 5.15. The lowest BCUT2D eigenvalue weighted by Gasteiger charge is -2.09. The highest BCUT2D eigenvalue weighted by Crippen LogP contribution is 2.40. The molecular formula is C18H17FS2. The van der Waals surface area contributed by atoms with Crippen LogP contribution in [0.5, 0.6) is 0 Å². The van der Waals surface area contributed by atoms with Crippen LogP contribution in [0.25, 0.3) is 21.6 Å². The minimum atomic E-state index is -0.173. The van der Waals surface area contributed by atoms with Crippen molar-refractivity contribution in [3.8, 4) is 21.6 Å². The van der Waals surface area contributed by atoms with Crippen LogP contribution in [0.15, 0.2) is 36.4 Å². The van der Waals surface area contributed by atoms with Gasteiger partial charge in [0.2, 0.25) is 0 Å². The van der Waals surface area contributed by atoms with Gasteiger partial charge in [-0.3, -0.25) is 0 Å². The quantitative estimate of drug-likeness (QED) is 0.520. The first-order valence-corrected chi connectivity index (χ1v) is 8.68. The molecule has 0 nitrogen and oxygen atoms in total. The Hall–Kier alpha value is -1.45. The fourth-order valence-corrected chi connectivity index (χ4v) is 4.48. The predicted molar refractivity (Wildman–Crippen MR) is 91.9 cm³/mol. The van der Waals surface area contributed by atoms with Gasteiger partial charge in [-0.2, -0.15) is 0 Å². The second kappa shape index (κ2) is 5.74. The number of aryl methyl sites for hydroxylation is 3. The van der Waals surface area contributed by atoms with E-state index in [4.69, 9.17) is 0 Å². The third kappa shape index (κ3) is 2.81. The molecule has 0 amide bonds. The van der Waals surface area contributed by atoms with Crippen molar-refractivity contribution in [3.63, 3.8) is 0 Å². The monoisotopic (exact) mass is 316 g/mol. The topological polar surface area (TPSA) is 0 Å². The van der Waals surface area contributed by atoms with Crippen LogP contribution in [0.2, 0.25) is 0 Å². The molecule has 0 saturated heterocycles. The molecule has 108 valence electrons. The van der Waals surface area contributed by atoms with Crippen LogP contribution < -0.4 is 0 Å². The lowest BCUT2D eigenvalue weighted by molar-refractivity contribution is 0.628. The summed E-state index contributed by atoms with van der Waals surface area (Å²) in [6.45, 7) is 6.37. The Balaban J connectivity index is 2.23. The molecule has 3 aromatic rings. The maximum atomic E-state index is 13.8. The van der Waals surface area contributed by atoms with E-state index in [1.807, 2.05) is 6.07 Å². The number of rotatable bonds is 3. The molecular weight excluding hydrogens is 299 g/mol. The molecule has 0 aliphatic rings. The Bertz CT molecular complexity index is 780. The van der Waals surface area contributed by atoms with E-state index in [1.54, 1.807) is 34.8 Å². The highest BCUT2D eigenvalue weighted by molar-refractivity contribution is 7.15. The summed E-state index contributed by atoms with van der Waals surface area (Å²) in [7, 11) is 0. The van der Waals surface area contributed by atoms with Gasteiger partial charge >= 0.3 is 0 Å². The van der Waals surface area contributed by atoms with Gasteiger partial charge in [-0.15, -0.1) is 22.7 Å². The van der Waals surface area contributed by atoms with Crippen LogP contribution in [-0.2, 0) is 6.42 Å². The summed E-state index contributed by atoms with van der Waals surface area (Å²) in [6.07, 6.45) is 0.979. The first-order chi connectivity index (χ1) is 10.1. The van der Waals surface area contributed by atoms with Crippen molar-refractivity contribution in [3.05, 3.63) is 56.8 Å². The molecule has 0 spiro atoms. The Kier molecular flexibility index (Phi) is 3.96. The highest BCUT2D eigenvalue weighted by atomic mass is 32.1. The summed E-state index contributed by atoms with van der Waals surface area (Å²) in [5.41, 5.74) is 3.32. The van der Waals surface area contributed by atoms with E-state index in [0.29, 0.717) is 0 Å². The minimum absolute atomic E-state index is 0.173. The Morgan fingerprint density at radius 3 is 2.33 bits per heavy atom. The lowest BCUT2D eigenvalue weighted by atomic mass is 9.98. The van der Waals surface area contributed by atoms with E-state index < -0.39 is 0 Å². The molecule has 0 N–H and O–H groups in total. The fraction of sp³-hybridized carbons (Fsp3) is 0.222. The van der Waals surface area contributed by atoms with E-state index in [2.05, 4.69) is 39.0 Å². The normalized spacial score (nSPS) is 11.0. The SMILES string of the molecule is CCc1sc(C)cc1-c1cc(F)ccc1-c1ccc(C)s1. The van der Waals surface area contributed by atoms with Gasteiger partial charge in [0, 0.05) is 19.5 Å². The Labute approximate surface area is 132 Å². The number of benzene rings is 1. The Morgan fingerprint density at radius 1 is 0.857 bits per heavy atom. The zero-order valence-electron chi connectivity index (χ0n) is 12.4. The van der Waals surface area contributed by atoms with Crippen LogP contribution in [-0.4, -0.2) is 0 Å². The molecule has 21 heavy (non-hydrogen) atoms. The molecule has 3 heteroatoms. The summed E-state index contributed by atoms with van der Waals surface area (Å²) < 4.78 is 13.8. The summed E-state index contributed by atoms with van der Waals surface area (Å²) in [5, 5.41) is 0. The summed E-state index contributed by atoms with van der Waals surface area (Å²) in [4.78, 5) is 5.08. The molecule has 0 aliphatic heterocycles. The molecule has 1 aromatic carbocycles. The number of hydrogen-bond donors (Lipinski definition) is 0. The summed E-state index contributed by atoms with van der Waals surface area (Å²) in [6, 6.07) is 11.6. The summed E-state index contributed by atoms with van der Waals surface area (Å²) >= 11 is 3.56. The Morgan fingerprint density at radius 2 is 1.67 bits per heavy atom. The standard InChI is InChI=1S/C18H17FS2/c1-4-17-16(9-12(3)21-17)15-10-13(19)6-7-14(15)18-8-5-11(2)20-18/h5-10H,4H2,1-3H3. The zero-order chi connectivity index (χ0) is 15.0. The van der Waals surface area contributed by atoms with Gasteiger partial charge in [-0.05, 0) is 67.3 Å². The molecule has 0 radical (unpaired) electrons. The molecule has 0 saturated carbocycles. The van der Waals surface area contributed by atoms with E-state index in [9.17, 15) is 4.39 Å². The van der Waals surface area contributed by atoms with Crippen molar-refractivity contribution < 1.29 is 4.39 Å². The van der Waals surface area contributed by atoms with Crippen molar-refractivity contribution in [2.45, 2.75) is 27.2 Å². The lowest BCUT2D eigenvalue weighted by Crippen LogP contribution is -1.87. The van der Waals surface area contributed by atoms with Crippen LogP contribution in [0, 0.1) is 19.7 Å². The molecule has 0 fully saturated rings. The molecule has 2 aromatic heterocycles. The van der Waals surface area contributed by atoms with Crippen molar-refractivity contribution in [2.75, 3.05) is 0 Å². The third-order valence-corrected chi connectivity index (χ3v) is 5.76. The zero-order valence-corrected chi connectivity index (χ0v) is 14.0. The maximum Gasteiger partial charge on any atom is 0.123 e. The van der Waals surface area contributed by atoms with Crippen molar-refractivity contribution >= 4 is 22.7 Å². The number of hydrogen-bond acceptors (Lipinski definition) is 2. The highest BCUT2D eigenvalue weighted by Gasteiger charge is 2.15. The third-order valence-electron chi connectivity index (χ3n) is 3.53. The van der Waals surface area contributed by atoms with Crippen LogP contribution in [0.3, 0.4) is 0 Å². The molecule has 0 aliphatic carbocycles. The van der Waals surface area contributed by atoms with Crippen LogP contribution >= 0.6 is 22.7 Å². The van der Waals surface area contributed by atoms with E-state index in [0.717, 1.165) is 17.5 Å². The van der Waals surface area contributed by atoms with Gasteiger partial charge in [0.25, 0.3) is 0 Å². The minimum Gasteiger partial charge on any atom is -0.207 e. The van der Waals surface area contributed by atoms with Crippen molar-refractivity contribution in [1.82, 2.24) is 0 Å². The first kappa shape index (κ1) is 14.5. The van der Waals surface area contributed by atoms with Gasteiger partial charge < -0.3 is 0 Å². The van der Waals surface area contributed by atoms with Gasteiger partial charge in [-0.1, -0.05) is 13.0 Å².